The first-order valence-electron chi connectivity index (χ1n) is 9.26. The summed E-state index contributed by atoms with van der Waals surface area (Å²) in [5, 5.41) is 11.0. The summed E-state index contributed by atoms with van der Waals surface area (Å²) < 4.78 is 5.35. The van der Waals surface area contributed by atoms with Crippen molar-refractivity contribution in [3.05, 3.63) is 88.7 Å². The van der Waals surface area contributed by atoms with E-state index in [1.807, 2.05) is 50.2 Å². The molecular formula is C24H22O4. The van der Waals surface area contributed by atoms with Gasteiger partial charge in [0.05, 0.1) is 12.5 Å². The molecule has 0 bridgehead atoms. The molecular weight excluding hydrogens is 352 g/mol. The smallest absolute Gasteiger partial charge is 0.227 e. The SMILES string of the molecule is COc1ccc2c(c1)[C@@]1(C)C=CC(=O)[C@@](C)(Cc3ccccc3)C1=C(O)C2=O. The quantitative estimate of drug-likeness (QED) is 0.868. The Bertz CT molecular complexity index is 1050. The molecule has 2 aromatic rings. The highest BCUT2D eigenvalue weighted by Crippen LogP contribution is 2.53. The zero-order chi connectivity index (χ0) is 20.1. The molecule has 0 unspecified atom stereocenters. The number of benzene rings is 2. The van der Waals surface area contributed by atoms with Gasteiger partial charge in [0.1, 0.15) is 5.75 Å². The Balaban J connectivity index is 1.96. The van der Waals surface area contributed by atoms with E-state index >= 15 is 0 Å². The van der Waals surface area contributed by atoms with Gasteiger partial charge in [0.15, 0.2) is 11.5 Å². The molecule has 0 heterocycles. The predicted molar refractivity (Wildman–Crippen MR) is 107 cm³/mol. The van der Waals surface area contributed by atoms with Crippen LogP contribution in [-0.4, -0.2) is 23.8 Å². The van der Waals surface area contributed by atoms with Crippen molar-refractivity contribution < 1.29 is 19.4 Å². The number of hydrogen-bond acceptors (Lipinski definition) is 4. The molecule has 2 aromatic carbocycles. The van der Waals surface area contributed by atoms with Crippen LogP contribution in [0.25, 0.3) is 0 Å². The van der Waals surface area contributed by atoms with Gasteiger partial charge in [-0.15, -0.1) is 0 Å². The molecule has 2 aliphatic rings. The molecule has 4 heteroatoms. The summed E-state index contributed by atoms with van der Waals surface area (Å²) in [6.45, 7) is 3.75. The highest BCUT2D eigenvalue weighted by atomic mass is 16.5. The lowest BCUT2D eigenvalue weighted by molar-refractivity contribution is -0.122. The highest BCUT2D eigenvalue weighted by Gasteiger charge is 2.53. The van der Waals surface area contributed by atoms with Gasteiger partial charge in [-0.3, -0.25) is 9.59 Å². The number of carbonyl (C=O) groups is 2. The van der Waals surface area contributed by atoms with Crippen LogP contribution in [-0.2, 0) is 16.6 Å². The first-order chi connectivity index (χ1) is 13.3. The predicted octanol–water partition coefficient (Wildman–Crippen LogP) is 4.35. The number of allylic oxidation sites excluding steroid dienone is 4. The van der Waals surface area contributed by atoms with Crippen LogP contribution in [0.2, 0.25) is 0 Å². The zero-order valence-corrected chi connectivity index (χ0v) is 16.2. The number of fused-ring (bicyclic) bond motifs is 3. The Morgan fingerprint density at radius 2 is 1.75 bits per heavy atom. The lowest BCUT2D eigenvalue weighted by Gasteiger charge is -2.46. The van der Waals surface area contributed by atoms with Gasteiger partial charge in [-0.05, 0) is 55.7 Å². The Hall–Kier alpha value is -3.14. The molecule has 0 saturated heterocycles. The highest BCUT2D eigenvalue weighted by molar-refractivity contribution is 6.13. The van der Waals surface area contributed by atoms with Crippen molar-refractivity contribution in [3.8, 4) is 5.75 Å². The number of ether oxygens (including phenoxy) is 1. The summed E-state index contributed by atoms with van der Waals surface area (Å²) in [5.74, 6) is -0.262. The van der Waals surface area contributed by atoms with Crippen molar-refractivity contribution in [1.29, 1.82) is 0 Å². The van der Waals surface area contributed by atoms with Crippen molar-refractivity contribution in [2.24, 2.45) is 5.41 Å². The molecule has 0 radical (unpaired) electrons. The molecule has 0 saturated carbocycles. The van der Waals surface area contributed by atoms with Crippen molar-refractivity contribution in [1.82, 2.24) is 0 Å². The van der Waals surface area contributed by atoms with E-state index in [4.69, 9.17) is 4.74 Å². The van der Waals surface area contributed by atoms with Crippen molar-refractivity contribution in [2.75, 3.05) is 7.11 Å². The second kappa shape index (κ2) is 6.20. The van der Waals surface area contributed by atoms with Crippen LogP contribution in [0.15, 0.2) is 72.0 Å². The molecule has 4 rings (SSSR count). The maximum absolute atomic E-state index is 13.0. The summed E-state index contributed by atoms with van der Waals surface area (Å²) in [4.78, 5) is 26.0. The molecule has 0 aliphatic heterocycles. The van der Waals surface area contributed by atoms with E-state index in [9.17, 15) is 14.7 Å². The average molecular weight is 374 g/mol. The van der Waals surface area contributed by atoms with Gasteiger partial charge in [-0.1, -0.05) is 36.4 Å². The second-order valence-electron chi connectivity index (χ2n) is 7.86. The molecule has 1 N–H and O–H groups in total. The monoisotopic (exact) mass is 374 g/mol. The molecule has 0 spiro atoms. The molecule has 2 atom stereocenters. The van der Waals surface area contributed by atoms with Crippen molar-refractivity contribution >= 4 is 11.6 Å². The molecule has 0 aromatic heterocycles. The van der Waals surface area contributed by atoms with E-state index in [0.29, 0.717) is 23.3 Å². The lowest BCUT2D eigenvalue weighted by atomic mass is 9.55. The Kier molecular flexibility index (Phi) is 4.03. The fourth-order valence-corrected chi connectivity index (χ4v) is 4.64. The largest absolute Gasteiger partial charge is 0.504 e. The Morgan fingerprint density at radius 1 is 1.04 bits per heavy atom. The summed E-state index contributed by atoms with van der Waals surface area (Å²) >= 11 is 0. The van der Waals surface area contributed by atoms with Gasteiger partial charge in [0.2, 0.25) is 5.78 Å². The summed E-state index contributed by atoms with van der Waals surface area (Å²) in [6.07, 6.45) is 3.77. The molecule has 28 heavy (non-hydrogen) atoms. The number of methoxy groups -OCH3 is 1. The van der Waals surface area contributed by atoms with E-state index in [0.717, 1.165) is 11.1 Å². The van der Waals surface area contributed by atoms with Gasteiger partial charge < -0.3 is 9.84 Å². The van der Waals surface area contributed by atoms with Crippen LogP contribution < -0.4 is 4.74 Å². The molecule has 0 amide bonds. The van der Waals surface area contributed by atoms with Crippen molar-refractivity contribution in [3.63, 3.8) is 0 Å². The third kappa shape index (κ3) is 2.44. The Labute approximate surface area is 164 Å². The molecule has 142 valence electrons. The van der Waals surface area contributed by atoms with Gasteiger partial charge in [-0.2, -0.15) is 0 Å². The van der Waals surface area contributed by atoms with Crippen LogP contribution in [0.4, 0.5) is 0 Å². The fraction of sp³-hybridized carbons (Fsp3) is 0.250. The van der Waals surface area contributed by atoms with E-state index in [2.05, 4.69) is 0 Å². The van der Waals surface area contributed by atoms with Crippen LogP contribution in [0.3, 0.4) is 0 Å². The first-order valence-corrected chi connectivity index (χ1v) is 9.26. The van der Waals surface area contributed by atoms with E-state index in [-0.39, 0.29) is 11.5 Å². The van der Waals surface area contributed by atoms with Gasteiger partial charge in [0.25, 0.3) is 0 Å². The number of carbonyl (C=O) groups excluding carboxylic acids is 2. The third-order valence-corrected chi connectivity index (χ3v) is 6.07. The maximum Gasteiger partial charge on any atom is 0.227 e. The molecule has 0 fully saturated rings. The number of aliphatic hydroxyl groups excluding tert-OH is 1. The van der Waals surface area contributed by atoms with Gasteiger partial charge in [-0.25, -0.2) is 0 Å². The second-order valence-corrected chi connectivity index (χ2v) is 7.86. The molecule has 2 aliphatic carbocycles. The maximum atomic E-state index is 13.0. The average Bonchev–Trinajstić information content (AvgIpc) is 2.70. The Morgan fingerprint density at radius 3 is 2.43 bits per heavy atom. The van der Waals surface area contributed by atoms with Crippen LogP contribution in [0.1, 0.15) is 35.3 Å². The fourth-order valence-electron chi connectivity index (χ4n) is 4.64. The number of ketones is 2. The van der Waals surface area contributed by atoms with E-state index < -0.39 is 16.6 Å². The third-order valence-electron chi connectivity index (χ3n) is 6.07. The first kappa shape index (κ1) is 18.2. The van der Waals surface area contributed by atoms with Gasteiger partial charge >= 0.3 is 0 Å². The standard InChI is InChI=1S/C24H22O4/c1-23-12-11-19(25)24(2,14-15-7-5-4-6-8-15)22(23)21(27)20(26)17-10-9-16(28-3)13-18(17)23/h4-13,27H,14H2,1-3H3/t23-,24-/m1/s1. The lowest BCUT2D eigenvalue weighted by Crippen LogP contribution is -2.47. The topological polar surface area (TPSA) is 63.6 Å². The minimum atomic E-state index is -1.02. The van der Waals surface area contributed by atoms with Crippen molar-refractivity contribution in [2.45, 2.75) is 25.7 Å². The number of hydrogen-bond donors (Lipinski definition) is 1. The zero-order valence-electron chi connectivity index (χ0n) is 16.2. The molecule has 4 nitrogen and oxygen atoms in total. The van der Waals surface area contributed by atoms with Crippen LogP contribution >= 0.6 is 0 Å². The number of aliphatic hydroxyl groups is 1. The minimum Gasteiger partial charge on any atom is -0.504 e. The summed E-state index contributed by atoms with van der Waals surface area (Å²) in [6, 6.07) is 14.9. The van der Waals surface area contributed by atoms with Gasteiger partial charge in [0, 0.05) is 16.6 Å². The number of Topliss-reactive ketones (excluding diaryl/α,β-unsaturated/α-hetero) is 1. The van der Waals surface area contributed by atoms with Crippen LogP contribution in [0, 0.1) is 5.41 Å². The normalized spacial score (nSPS) is 26.1. The van der Waals surface area contributed by atoms with E-state index in [1.54, 1.807) is 31.4 Å². The summed E-state index contributed by atoms with van der Waals surface area (Å²) in [7, 11) is 1.57. The van der Waals surface area contributed by atoms with E-state index in [1.165, 1.54) is 0 Å². The summed E-state index contributed by atoms with van der Waals surface area (Å²) in [5.41, 5.74) is 0.811. The minimum absolute atomic E-state index is 0.116. The number of rotatable bonds is 3. The van der Waals surface area contributed by atoms with Crippen LogP contribution in [0.5, 0.6) is 5.75 Å².